The summed E-state index contributed by atoms with van der Waals surface area (Å²) in [7, 11) is 0. The van der Waals surface area contributed by atoms with E-state index in [1.807, 2.05) is 13.8 Å². The van der Waals surface area contributed by atoms with Crippen molar-refractivity contribution >= 4 is 39.2 Å². The van der Waals surface area contributed by atoms with Gasteiger partial charge in [-0.25, -0.2) is 4.98 Å². The summed E-state index contributed by atoms with van der Waals surface area (Å²) < 4.78 is 1.63. The topological polar surface area (TPSA) is 64.0 Å². The largest absolute Gasteiger partial charge is 0.353 e. The second kappa shape index (κ2) is 7.11. The molecule has 0 saturated heterocycles. The van der Waals surface area contributed by atoms with E-state index in [1.165, 1.54) is 22.2 Å². The number of thioether (sulfide) groups is 1. The van der Waals surface area contributed by atoms with E-state index in [1.54, 1.807) is 22.0 Å². The molecule has 2 heterocycles. The van der Waals surface area contributed by atoms with Gasteiger partial charge in [-0.1, -0.05) is 17.8 Å². The molecule has 0 radical (unpaired) electrons. The number of hydrogen-bond donors (Lipinski definition) is 1. The summed E-state index contributed by atoms with van der Waals surface area (Å²) in [5, 5.41) is 4.21. The molecule has 128 valence electrons. The van der Waals surface area contributed by atoms with Crippen LogP contribution in [0.1, 0.15) is 30.7 Å². The number of nitrogens with zero attached hydrogens (tertiary/aromatic N) is 2. The van der Waals surface area contributed by atoms with Gasteiger partial charge < -0.3 is 5.32 Å². The Labute approximate surface area is 149 Å². The normalized spacial score (nSPS) is 13.5. The minimum absolute atomic E-state index is 0.00827. The summed E-state index contributed by atoms with van der Waals surface area (Å²) in [6, 6.07) is 0.101. The van der Waals surface area contributed by atoms with Crippen LogP contribution in [-0.2, 0) is 24.2 Å². The molecule has 1 aliphatic carbocycles. The molecule has 24 heavy (non-hydrogen) atoms. The van der Waals surface area contributed by atoms with Crippen LogP contribution >= 0.6 is 23.1 Å². The van der Waals surface area contributed by atoms with Gasteiger partial charge in [-0.05, 0) is 38.7 Å². The highest BCUT2D eigenvalue weighted by atomic mass is 32.2. The predicted molar refractivity (Wildman–Crippen MR) is 100 cm³/mol. The molecule has 5 nitrogen and oxygen atoms in total. The van der Waals surface area contributed by atoms with Crippen molar-refractivity contribution in [1.82, 2.24) is 14.9 Å². The molecule has 2 aromatic rings. The van der Waals surface area contributed by atoms with Crippen LogP contribution in [0, 0.1) is 0 Å². The van der Waals surface area contributed by atoms with Crippen LogP contribution in [-0.4, -0.2) is 27.3 Å². The number of carbonyl (C=O) groups excluding carboxylic acids is 1. The van der Waals surface area contributed by atoms with Gasteiger partial charge in [0.2, 0.25) is 5.91 Å². The molecule has 0 saturated carbocycles. The molecule has 1 aliphatic rings. The van der Waals surface area contributed by atoms with E-state index in [0.717, 1.165) is 29.5 Å². The van der Waals surface area contributed by atoms with E-state index in [-0.39, 0.29) is 23.3 Å². The van der Waals surface area contributed by atoms with Gasteiger partial charge in [0, 0.05) is 17.5 Å². The number of aryl methyl sites for hydroxylation is 2. The van der Waals surface area contributed by atoms with Gasteiger partial charge in [0.1, 0.15) is 4.83 Å². The third-order valence-corrected chi connectivity index (χ3v) is 6.05. The zero-order valence-electron chi connectivity index (χ0n) is 13.9. The fourth-order valence-corrected chi connectivity index (χ4v) is 5.07. The highest BCUT2D eigenvalue weighted by Gasteiger charge is 2.23. The quantitative estimate of drug-likeness (QED) is 0.487. The number of thiophene rings is 1. The second-order valence-electron chi connectivity index (χ2n) is 6.15. The van der Waals surface area contributed by atoms with Gasteiger partial charge in [-0.2, -0.15) is 0 Å². The Hall–Kier alpha value is -1.60. The lowest BCUT2D eigenvalue weighted by Crippen LogP contribution is -2.32. The van der Waals surface area contributed by atoms with E-state index < -0.39 is 0 Å². The van der Waals surface area contributed by atoms with E-state index in [9.17, 15) is 9.59 Å². The van der Waals surface area contributed by atoms with Crippen LogP contribution < -0.4 is 10.9 Å². The second-order valence-corrected chi connectivity index (χ2v) is 8.17. The van der Waals surface area contributed by atoms with Crippen LogP contribution in [0.15, 0.2) is 22.6 Å². The monoisotopic (exact) mass is 363 g/mol. The molecule has 7 heteroatoms. The SMILES string of the molecule is C=CCn1c(SCC(=O)NC(C)C)nc2sc3c(c2c1=O)CCC3. The summed E-state index contributed by atoms with van der Waals surface area (Å²) >= 11 is 2.93. The van der Waals surface area contributed by atoms with Gasteiger partial charge >= 0.3 is 0 Å². The molecule has 0 bridgehead atoms. The summed E-state index contributed by atoms with van der Waals surface area (Å²) in [6.45, 7) is 7.99. The van der Waals surface area contributed by atoms with E-state index >= 15 is 0 Å². The highest BCUT2D eigenvalue weighted by Crippen LogP contribution is 2.35. The molecule has 2 aromatic heterocycles. The van der Waals surface area contributed by atoms with Crippen molar-refractivity contribution in [3.8, 4) is 0 Å². The number of allylic oxidation sites excluding steroid dienone is 1. The molecule has 1 amide bonds. The molecule has 0 aromatic carbocycles. The lowest BCUT2D eigenvalue weighted by atomic mass is 10.2. The Morgan fingerprint density at radius 1 is 1.50 bits per heavy atom. The smallest absolute Gasteiger partial charge is 0.263 e. The fourth-order valence-electron chi connectivity index (χ4n) is 2.95. The molecule has 0 fully saturated rings. The number of amides is 1. The number of nitrogens with one attached hydrogen (secondary N) is 1. The molecule has 3 rings (SSSR count). The Morgan fingerprint density at radius 3 is 3.00 bits per heavy atom. The third kappa shape index (κ3) is 3.28. The highest BCUT2D eigenvalue weighted by molar-refractivity contribution is 7.99. The van der Waals surface area contributed by atoms with Crippen LogP contribution in [0.2, 0.25) is 0 Å². The summed E-state index contributed by atoms with van der Waals surface area (Å²) in [5.41, 5.74) is 1.17. The van der Waals surface area contributed by atoms with Crippen molar-refractivity contribution in [3.05, 3.63) is 33.4 Å². The first-order valence-corrected chi connectivity index (χ1v) is 9.89. The first-order chi connectivity index (χ1) is 11.5. The van der Waals surface area contributed by atoms with Gasteiger partial charge in [0.15, 0.2) is 5.16 Å². The predicted octanol–water partition coefficient (Wildman–Crippen LogP) is 2.75. The van der Waals surface area contributed by atoms with Crippen LogP contribution in [0.25, 0.3) is 10.2 Å². The van der Waals surface area contributed by atoms with Crippen molar-refractivity contribution < 1.29 is 4.79 Å². The zero-order chi connectivity index (χ0) is 17.3. The molecule has 1 N–H and O–H groups in total. The maximum Gasteiger partial charge on any atom is 0.263 e. The van der Waals surface area contributed by atoms with Crippen LogP contribution in [0.3, 0.4) is 0 Å². The number of carbonyl (C=O) groups is 1. The number of aromatic nitrogens is 2. The van der Waals surface area contributed by atoms with Gasteiger partial charge in [-0.3, -0.25) is 14.2 Å². The summed E-state index contributed by atoms with van der Waals surface area (Å²) in [6.07, 6.45) is 4.81. The van der Waals surface area contributed by atoms with Gasteiger partial charge in [-0.15, -0.1) is 17.9 Å². The minimum Gasteiger partial charge on any atom is -0.353 e. The number of hydrogen-bond acceptors (Lipinski definition) is 5. The van der Waals surface area contributed by atoms with Crippen LogP contribution in [0.5, 0.6) is 0 Å². The molecular formula is C17H21N3O2S2. The van der Waals surface area contributed by atoms with E-state index in [4.69, 9.17) is 0 Å². The van der Waals surface area contributed by atoms with Gasteiger partial charge in [0.25, 0.3) is 5.56 Å². The molecule has 0 unspecified atom stereocenters. The maximum atomic E-state index is 13.0. The van der Waals surface area contributed by atoms with Crippen molar-refractivity contribution in [2.45, 2.75) is 50.9 Å². The number of rotatable bonds is 6. The molecule has 0 spiro atoms. The third-order valence-electron chi connectivity index (χ3n) is 3.88. The minimum atomic E-state index is -0.0526. The average molecular weight is 364 g/mol. The Bertz CT molecular complexity index is 852. The zero-order valence-corrected chi connectivity index (χ0v) is 15.6. The lowest BCUT2D eigenvalue weighted by Gasteiger charge is -2.11. The summed E-state index contributed by atoms with van der Waals surface area (Å²) in [5.74, 6) is 0.196. The molecule has 0 aliphatic heterocycles. The number of fused-ring (bicyclic) bond motifs is 3. The lowest BCUT2D eigenvalue weighted by molar-refractivity contribution is -0.119. The van der Waals surface area contributed by atoms with Crippen molar-refractivity contribution in [2.24, 2.45) is 0 Å². The Kier molecular flexibility index (Phi) is 5.10. The standard InChI is InChI=1S/C17H21N3O2S2/c1-4-8-20-16(22)14-11-6-5-7-12(11)24-15(14)19-17(20)23-9-13(21)18-10(2)3/h4,10H,1,5-9H2,2-3H3,(H,18,21). The Balaban J connectivity index is 1.97. The molecular weight excluding hydrogens is 342 g/mol. The fraction of sp³-hybridized carbons (Fsp3) is 0.471. The van der Waals surface area contributed by atoms with E-state index in [2.05, 4.69) is 16.9 Å². The van der Waals surface area contributed by atoms with E-state index in [0.29, 0.717) is 11.7 Å². The summed E-state index contributed by atoms with van der Waals surface area (Å²) in [4.78, 5) is 31.6. The first-order valence-electron chi connectivity index (χ1n) is 8.09. The van der Waals surface area contributed by atoms with Crippen molar-refractivity contribution in [2.75, 3.05) is 5.75 Å². The maximum absolute atomic E-state index is 13.0. The van der Waals surface area contributed by atoms with Crippen molar-refractivity contribution in [3.63, 3.8) is 0 Å². The first kappa shape index (κ1) is 17.2. The Morgan fingerprint density at radius 2 is 2.29 bits per heavy atom. The van der Waals surface area contributed by atoms with Crippen molar-refractivity contribution in [1.29, 1.82) is 0 Å². The van der Waals surface area contributed by atoms with Crippen LogP contribution in [0.4, 0.5) is 0 Å². The average Bonchev–Trinajstić information content (AvgIpc) is 3.08. The van der Waals surface area contributed by atoms with Gasteiger partial charge in [0.05, 0.1) is 11.1 Å². The molecule has 0 atom stereocenters.